The minimum absolute atomic E-state index is 0.234. The number of allylic oxidation sites excluding steroid dienone is 2. The van der Waals surface area contributed by atoms with E-state index in [0.717, 1.165) is 22.7 Å². The number of rotatable bonds is 6. The molecule has 2 atom stereocenters. The van der Waals surface area contributed by atoms with Crippen LogP contribution in [0.4, 0.5) is 28.4 Å². The molecule has 3 heterocycles. The predicted molar refractivity (Wildman–Crippen MR) is 247 cm³/mol. The number of thiophene rings is 1. The van der Waals surface area contributed by atoms with Crippen LogP contribution in [0.3, 0.4) is 0 Å². The van der Waals surface area contributed by atoms with Crippen LogP contribution in [-0.2, 0) is 0 Å². The molecule has 4 heteroatoms. The summed E-state index contributed by atoms with van der Waals surface area (Å²) < 4.78 is 5.11. The van der Waals surface area contributed by atoms with E-state index in [1.807, 2.05) is 11.3 Å². The molecule has 0 radical (unpaired) electrons. The summed E-state index contributed by atoms with van der Waals surface area (Å²) in [5.41, 5.74) is 13.0. The van der Waals surface area contributed by atoms with Crippen molar-refractivity contribution in [1.82, 2.24) is 4.57 Å². The van der Waals surface area contributed by atoms with E-state index < -0.39 is 0 Å². The van der Waals surface area contributed by atoms with E-state index in [1.165, 1.54) is 70.0 Å². The largest absolute Gasteiger partial charge is 0.333 e. The van der Waals surface area contributed by atoms with Crippen LogP contribution in [0.5, 0.6) is 0 Å². The Morgan fingerprint density at radius 3 is 1.93 bits per heavy atom. The summed E-state index contributed by atoms with van der Waals surface area (Å²) in [6.07, 6.45) is 9.10. The molecule has 0 amide bonds. The summed E-state index contributed by atoms with van der Waals surface area (Å²) in [6.45, 7) is 0. The molecular weight excluding hydrogens is 723 g/mol. The summed E-state index contributed by atoms with van der Waals surface area (Å²) in [5.74, 6) is 0.301. The van der Waals surface area contributed by atoms with E-state index in [9.17, 15) is 0 Å². The summed E-state index contributed by atoms with van der Waals surface area (Å²) in [4.78, 5) is 4.97. The van der Waals surface area contributed by atoms with Crippen molar-refractivity contribution >= 4 is 81.8 Å². The fourth-order valence-electron chi connectivity index (χ4n) is 9.52. The minimum Gasteiger partial charge on any atom is -0.333 e. The lowest BCUT2D eigenvalue weighted by atomic mass is 9.90. The molecule has 2 aliphatic rings. The van der Waals surface area contributed by atoms with Gasteiger partial charge in [0.05, 0.1) is 22.8 Å². The normalized spacial score (nSPS) is 15.8. The molecular formula is C54H37N3S. The first-order valence-electron chi connectivity index (χ1n) is 20.0. The zero-order chi connectivity index (χ0) is 38.2. The number of fused-ring (bicyclic) bond motifs is 9. The number of hydrogen-bond donors (Lipinski definition) is 0. The smallest absolute Gasteiger partial charge is 0.0782 e. The molecule has 0 N–H and O–H groups in total. The van der Waals surface area contributed by atoms with Crippen molar-refractivity contribution in [2.45, 2.75) is 12.0 Å². The van der Waals surface area contributed by atoms with Crippen molar-refractivity contribution < 1.29 is 0 Å². The number of benzene rings is 8. The van der Waals surface area contributed by atoms with Gasteiger partial charge in [0.25, 0.3) is 0 Å². The monoisotopic (exact) mass is 759 g/mol. The molecule has 2 unspecified atom stereocenters. The van der Waals surface area contributed by atoms with Crippen LogP contribution in [0.25, 0.3) is 58.8 Å². The van der Waals surface area contributed by atoms with Gasteiger partial charge in [-0.1, -0.05) is 127 Å². The summed E-state index contributed by atoms with van der Waals surface area (Å²) in [7, 11) is 0. The van der Waals surface area contributed by atoms with Gasteiger partial charge in [0.2, 0.25) is 0 Å². The van der Waals surface area contributed by atoms with Crippen LogP contribution in [0, 0.1) is 0 Å². The van der Waals surface area contributed by atoms with Gasteiger partial charge < -0.3 is 14.4 Å². The fourth-order valence-corrected chi connectivity index (χ4v) is 10.6. The van der Waals surface area contributed by atoms with Crippen LogP contribution in [0.15, 0.2) is 212 Å². The molecule has 0 spiro atoms. The molecule has 274 valence electrons. The Morgan fingerprint density at radius 2 is 1.14 bits per heavy atom. The number of anilines is 5. The molecule has 1 aliphatic carbocycles. The van der Waals surface area contributed by atoms with Crippen LogP contribution >= 0.6 is 11.3 Å². The van der Waals surface area contributed by atoms with Gasteiger partial charge in [-0.2, -0.15) is 0 Å². The van der Waals surface area contributed by atoms with Crippen LogP contribution < -0.4 is 9.80 Å². The van der Waals surface area contributed by atoms with Gasteiger partial charge in [-0.05, 0) is 102 Å². The van der Waals surface area contributed by atoms with E-state index in [0.29, 0.717) is 5.92 Å². The molecule has 0 fully saturated rings. The third-order valence-corrected chi connectivity index (χ3v) is 13.2. The van der Waals surface area contributed by atoms with Crippen molar-refractivity contribution in [3.05, 3.63) is 218 Å². The van der Waals surface area contributed by atoms with E-state index in [1.54, 1.807) is 0 Å². The van der Waals surface area contributed by atoms with Crippen molar-refractivity contribution in [3.63, 3.8) is 0 Å². The van der Waals surface area contributed by atoms with Gasteiger partial charge in [-0.25, -0.2) is 0 Å². The fraction of sp³-hybridized carbons (Fsp3) is 0.0370. The first-order chi connectivity index (χ1) is 28.8. The van der Waals surface area contributed by atoms with Gasteiger partial charge in [-0.3, -0.25) is 0 Å². The van der Waals surface area contributed by atoms with Crippen LogP contribution in [-0.4, -0.2) is 10.6 Å². The SMILES string of the molecule is C1=CC2c3ccc(-c4cc(N(c5ccccc5)c5ccccc5)c5c(c4)c4ccccc4n5-c4ccc5sc6ccccc6c5c4)cc3N(c3ccccc3)C2C=C1. The lowest BCUT2D eigenvalue weighted by Gasteiger charge is -2.29. The summed E-state index contributed by atoms with van der Waals surface area (Å²) in [6, 6.07) is 69.4. The third kappa shape index (κ3) is 5.12. The highest BCUT2D eigenvalue weighted by molar-refractivity contribution is 7.25. The van der Waals surface area contributed by atoms with Crippen LogP contribution in [0.2, 0.25) is 0 Å². The highest BCUT2D eigenvalue weighted by Crippen LogP contribution is 2.51. The zero-order valence-electron chi connectivity index (χ0n) is 31.6. The molecule has 0 saturated heterocycles. The molecule has 3 nitrogen and oxygen atoms in total. The Bertz CT molecular complexity index is 3210. The van der Waals surface area contributed by atoms with Gasteiger partial charge in [0, 0.05) is 65.3 Å². The topological polar surface area (TPSA) is 11.4 Å². The molecule has 0 bridgehead atoms. The number of aromatic nitrogens is 1. The Morgan fingerprint density at radius 1 is 0.466 bits per heavy atom. The first kappa shape index (κ1) is 33.0. The third-order valence-electron chi connectivity index (χ3n) is 12.1. The molecule has 1 aliphatic heterocycles. The van der Waals surface area contributed by atoms with Gasteiger partial charge >= 0.3 is 0 Å². The van der Waals surface area contributed by atoms with E-state index in [2.05, 4.69) is 227 Å². The van der Waals surface area contributed by atoms with Crippen molar-refractivity contribution in [2.24, 2.45) is 0 Å². The van der Waals surface area contributed by atoms with Crippen LogP contribution in [0.1, 0.15) is 11.5 Å². The van der Waals surface area contributed by atoms with E-state index in [-0.39, 0.29) is 6.04 Å². The maximum Gasteiger partial charge on any atom is 0.0782 e. The molecule has 2 aromatic heterocycles. The standard InChI is InChI=1S/C54H37N3S/c1-4-16-38(17-5-1)55(39-18-6-2-7-19-39)51-34-37(36-28-30-44-42-22-10-13-25-48(42)56(50(44)33-36)40-20-8-3-9-21-40)32-47-43-23-11-14-26-49(43)57(54(47)51)41-29-31-53-46(35-41)45-24-12-15-27-52(45)58-53/h1-35,42,48H. The quantitative estimate of drug-likeness (QED) is 0.167. The highest BCUT2D eigenvalue weighted by atomic mass is 32.1. The van der Waals surface area contributed by atoms with Crippen molar-refractivity contribution in [2.75, 3.05) is 9.80 Å². The van der Waals surface area contributed by atoms with Gasteiger partial charge in [-0.15, -0.1) is 11.3 Å². The molecule has 8 aromatic carbocycles. The number of nitrogens with zero attached hydrogens (tertiary/aromatic N) is 3. The number of para-hydroxylation sites is 4. The Kier molecular flexibility index (Phi) is 7.54. The minimum atomic E-state index is 0.234. The average molecular weight is 760 g/mol. The van der Waals surface area contributed by atoms with Gasteiger partial charge in [0.1, 0.15) is 0 Å². The highest BCUT2D eigenvalue weighted by Gasteiger charge is 2.37. The van der Waals surface area contributed by atoms with E-state index in [4.69, 9.17) is 0 Å². The second-order valence-corrected chi connectivity index (χ2v) is 16.4. The average Bonchev–Trinajstić information content (AvgIpc) is 3.95. The van der Waals surface area contributed by atoms with Gasteiger partial charge in [0.15, 0.2) is 0 Å². The summed E-state index contributed by atoms with van der Waals surface area (Å²) in [5, 5.41) is 5.03. The molecule has 0 saturated carbocycles. The maximum atomic E-state index is 2.53. The maximum absolute atomic E-state index is 2.53. The summed E-state index contributed by atoms with van der Waals surface area (Å²) >= 11 is 1.86. The molecule has 58 heavy (non-hydrogen) atoms. The molecule has 10 aromatic rings. The van der Waals surface area contributed by atoms with E-state index >= 15 is 0 Å². The molecule has 12 rings (SSSR count). The Hall–Kier alpha value is -7.14. The lowest BCUT2D eigenvalue weighted by molar-refractivity contribution is 0.745. The Labute approximate surface area is 341 Å². The van der Waals surface area contributed by atoms with Crippen molar-refractivity contribution in [3.8, 4) is 16.8 Å². The predicted octanol–water partition coefficient (Wildman–Crippen LogP) is 15.0. The second-order valence-electron chi connectivity index (χ2n) is 15.3. The Balaban J connectivity index is 1.16. The lowest BCUT2D eigenvalue weighted by Crippen LogP contribution is -2.28. The first-order valence-corrected chi connectivity index (χ1v) is 20.8. The number of hydrogen-bond acceptors (Lipinski definition) is 3. The van der Waals surface area contributed by atoms with Crippen molar-refractivity contribution in [1.29, 1.82) is 0 Å². The second kappa shape index (κ2) is 13.2. The zero-order valence-corrected chi connectivity index (χ0v) is 32.4.